The minimum Gasteiger partial charge on any atom is -0.475 e. The number of carbonyl (C=O) groups is 2. The second-order valence-corrected chi connectivity index (χ2v) is 5.94. The van der Waals surface area contributed by atoms with E-state index in [0.717, 1.165) is 13.0 Å². The van der Waals surface area contributed by atoms with Gasteiger partial charge in [-0.2, -0.15) is 0 Å². The number of ether oxygens (including phenoxy) is 1. The Labute approximate surface area is 136 Å². The molecule has 7 nitrogen and oxygen atoms in total. The molecule has 0 aliphatic carbocycles. The summed E-state index contributed by atoms with van der Waals surface area (Å²) in [4.78, 5) is 31.5. The summed E-state index contributed by atoms with van der Waals surface area (Å²) in [5.74, 6) is 0.129. The molecule has 7 heteroatoms. The third kappa shape index (κ3) is 5.21. The molecule has 1 aromatic heterocycles. The van der Waals surface area contributed by atoms with Crippen molar-refractivity contribution in [2.75, 3.05) is 32.7 Å². The van der Waals surface area contributed by atoms with Gasteiger partial charge in [0.25, 0.3) is 5.91 Å². The molecular weight excluding hydrogens is 296 g/mol. The molecule has 0 bridgehead atoms. The zero-order chi connectivity index (χ0) is 16.8. The molecule has 0 atom stereocenters. The van der Waals surface area contributed by atoms with E-state index in [2.05, 4.69) is 4.98 Å². The Kier molecular flexibility index (Phi) is 5.92. The van der Waals surface area contributed by atoms with Crippen LogP contribution in [0.4, 0.5) is 0 Å². The number of nitrogens with two attached hydrogens (primary N) is 1. The minimum absolute atomic E-state index is 0.0467. The van der Waals surface area contributed by atoms with Gasteiger partial charge in [-0.1, -0.05) is 0 Å². The number of hydrogen-bond donors (Lipinski definition) is 1. The Balaban J connectivity index is 1.95. The van der Waals surface area contributed by atoms with Crippen LogP contribution in [0.2, 0.25) is 0 Å². The number of carbonyl (C=O) groups excluding carboxylic acids is 2. The lowest BCUT2D eigenvalue weighted by molar-refractivity contribution is -0.119. The highest BCUT2D eigenvalue weighted by Gasteiger charge is 2.21. The molecule has 1 fully saturated rings. The van der Waals surface area contributed by atoms with Crippen LogP contribution in [-0.2, 0) is 4.79 Å². The fourth-order valence-corrected chi connectivity index (χ4v) is 2.55. The van der Waals surface area contributed by atoms with Crippen molar-refractivity contribution < 1.29 is 14.3 Å². The van der Waals surface area contributed by atoms with Crippen LogP contribution in [0.25, 0.3) is 0 Å². The number of primary amides is 1. The molecule has 2 rings (SSSR count). The first-order valence-electron chi connectivity index (χ1n) is 7.88. The normalized spacial score (nSPS) is 16.2. The maximum absolute atomic E-state index is 12.5. The maximum atomic E-state index is 12.5. The van der Waals surface area contributed by atoms with Gasteiger partial charge in [0, 0.05) is 38.4 Å². The van der Waals surface area contributed by atoms with Gasteiger partial charge in [0.05, 0.1) is 18.2 Å². The first kappa shape index (κ1) is 17.2. The largest absolute Gasteiger partial charge is 0.475 e. The third-order valence-electron chi connectivity index (χ3n) is 3.59. The lowest BCUT2D eigenvalue weighted by atomic mass is 10.2. The maximum Gasteiger partial charge on any atom is 0.255 e. The second-order valence-electron chi connectivity index (χ2n) is 5.94. The molecule has 0 radical (unpaired) electrons. The molecule has 0 unspecified atom stereocenters. The lowest BCUT2D eigenvalue weighted by Gasteiger charge is -2.21. The zero-order valence-electron chi connectivity index (χ0n) is 13.7. The highest BCUT2D eigenvalue weighted by Crippen LogP contribution is 2.13. The van der Waals surface area contributed by atoms with E-state index in [1.807, 2.05) is 18.7 Å². The number of nitrogens with zero attached hydrogens (tertiary/aromatic N) is 3. The molecule has 2 heterocycles. The molecule has 1 aliphatic heterocycles. The van der Waals surface area contributed by atoms with Gasteiger partial charge in [-0.3, -0.25) is 14.5 Å². The fraction of sp³-hybridized carbons (Fsp3) is 0.562. The number of pyridine rings is 1. The Bertz CT molecular complexity index is 545. The standard InChI is InChI=1S/C16H24N4O3/c1-12(2)23-15-5-4-13(10-18-15)16(22)20-7-3-6-19(8-9-20)11-14(17)21/h4-5,10,12H,3,6-9,11H2,1-2H3,(H2,17,21). The predicted octanol–water partition coefficient (Wildman–Crippen LogP) is 0.502. The Morgan fingerprint density at radius 3 is 2.65 bits per heavy atom. The van der Waals surface area contributed by atoms with Crippen LogP contribution >= 0.6 is 0 Å². The smallest absolute Gasteiger partial charge is 0.255 e. The molecule has 0 spiro atoms. The molecule has 126 valence electrons. The summed E-state index contributed by atoms with van der Waals surface area (Å²) in [6.45, 7) is 6.76. The van der Waals surface area contributed by atoms with E-state index >= 15 is 0 Å². The van der Waals surface area contributed by atoms with Gasteiger partial charge in [-0.05, 0) is 26.3 Å². The van der Waals surface area contributed by atoms with Gasteiger partial charge >= 0.3 is 0 Å². The molecular formula is C16H24N4O3. The first-order chi connectivity index (χ1) is 11.0. The highest BCUT2D eigenvalue weighted by molar-refractivity contribution is 5.94. The summed E-state index contributed by atoms with van der Waals surface area (Å²) in [5, 5.41) is 0. The van der Waals surface area contributed by atoms with Gasteiger partial charge in [-0.15, -0.1) is 0 Å². The van der Waals surface area contributed by atoms with Crippen LogP contribution in [0, 0.1) is 0 Å². The molecule has 0 aromatic carbocycles. The SMILES string of the molecule is CC(C)Oc1ccc(C(=O)N2CCCN(CC(N)=O)CC2)cn1. The fourth-order valence-electron chi connectivity index (χ4n) is 2.55. The van der Waals surface area contributed by atoms with Crippen LogP contribution in [0.15, 0.2) is 18.3 Å². The molecule has 1 aliphatic rings. The Hall–Kier alpha value is -2.15. The first-order valence-corrected chi connectivity index (χ1v) is 7.88. The lowest BCUT2D eigenvalue weighted by Crippen LogP contribution is -2.38. The number of hydrogen-bond acceptors (Lipinski definition) is 5. The van der Waals surface area contributed by atoms with Crippen molar-refractivity contribution in [1.82, 2.24) is 14.8 Å². The van der Waals surface area contributed by atoms with E-state index in [1.165, 1.54) is 0 Å². The molecule has 0 saturated carbocycles. The summed E-state index contributed by atoms with van der Waals surface area (Å²) in [6.07, 6.45) is 2.42. The molecule has 2 amide bonds. The molecule has 1 aromatic rings. The minimum atomic E-state index is -0.338. The van der Waals surface area contributed by atoms with Gasteiger partial charge in [0.2, 0.25) is 11.8 Å². The summed E-state index contributed by atoms with van der Waals surface area (Å²) < 4.78 is 5.48. The van der Waals surface area contributed by atoms with E-state index in [9.17, 15) is 9.59 Å². The van der Waals surface area contributed by atoms with E-state index in [-0.39, 0.29) is 24.5 Å². The summed E-state index contributed by atoms with van der Waals surface area (Å²) >= 11 is 0. The van der Waals surface area contributed by atoms with Crippen molar-refractivity contribution in [3.8, 4) is 5.88 Å². The highest BCUT2D eigenvalue weighted by atomic mass is 16.5. The van der Waals surface area contributed by atoms with Crippen molar-refractivity contribution in [3.63, 3.8) is 0 Å². The van der Waals surface area contributed by atoms with Crippen molar-refractivity contribution >= 4 is 11.8 Å². The average molecular weight is 320 g/mol. The van der Waals surface area contributed by atoms with Crippen molar-refractivity contribution in [3.05, 3.63) is 23.9 Å². The van der Waals surface area contributed by atoms with Crippen LogP contribution in [0.5, 0.6) is 5.88 Å². The second kappa shape index (κ2) is 7.92. The zero-order valence-corrected chi connectivity index (χ0v) is 13.7. The van der Waals surface area contributed by atoms with E-state index < -0.39 is 0 Å². The number of aromatic nitrogens is 1. The average Bonchev–Trinajstić information content (AvgIpc) is 2.72. The van der Waals surface area contributed by atoms with Crippen molar-refractivity contribution in [1.29, 1.82) is 0 Å². The monoisotopic (exact) mass is 320 g/mol. The Morgan fingerprint density at radius 1 is 1.26 bits per heavy atom. The predicted molar refractivity (Wildman–Crippen MR) is 86.2 cm³/mol. The number of amides is 2. The summed E-state index contributed by atoms with van der Waals surface area (Å²) in [7, 11) is 0. The van der Waals surface area contributed by atoms with Crippen molar-refractivity contribution in [2.24, 2.45) is 5.73 Å². The van der Waals surface area contributed by atoms with Gasteiger partial charge in [-0.25, -0.2) is 4.98 Å². The number of rotatable bonds is 5. The van der Waals surface area contributed by atoms with E-state index in [0.29, 0.717) is 31.1 Å². The van der Waals surface area contributed by atoms with Crippen molar-refractivity contribution in [2.45, 2.75) is 26.4 Å². The van der Waals surface area contributed by atoms with Crippen LogP contribution in [0.3, 0.4) is 0 Å². The van der Waals surface area contributed by atoms with E-state index in [4.69, 9.17) is 10.5 Å². The van der Waals surface area contributed by atoms with Crippen LogP contribution < -0.4 is 10.5 Å². The van der Waals surface area contributed by atoms with Gasteiger partial charge in [0.1, 0.15) is 0 Å². The van der Waals surface area contributed by atoms with Crippen LogP contribution in [0.1, 0.15) is 30.6 Å². The van der Waals surface area contributed by atoms with Gasteiger partial charge in [0.15, 0.2) is 0 Å². The third-order valence-corrected chi connectivity index (χ3v) is 3.59. The van der Waals surface area contributed by atoms with Crippen LogP contribution in [-0.4, -0.2) is 65.4 Å². The molecule has 23 heavy (non-hydrogen) atoms. The summed E-state index contributed by atoms with van der Waals surface area (Å²) in [5.41, 5.74) is 5.77. The molecule has 1 saturated heterocycles. The Morgan fingerprint density at radius 2 is 2.04 bits per heavy atom. The van der Waals surface area contributed by atoms with Gasteiger partial charge < -0.3 is 15.4 Å². The topological polar surface area (TPSA) is 88.8 Å². The summed E-state index contributed by atoms with van der Waals surface area (Å²) in [6, 6.07) is 3.45. The molecule has 2 N–H and O–H groups in total. The van der Waals surface area contributed by atoms with E-state index in [1.54, 1.807) is 23.2 Å². The quantitative estimate of drug-likeness (QED) is 0.853.